The van der Waals surface area contributed by atoms with E-state index in [0.29, 0.717) is 10.5 Å². The Hall–Kier alpha value is -0.160. The van der Waals surface area contributed by atoms with Crippen molar-refractivity contribution in [2.75, 3.05) is 13.1 Å². The Labute approximate surface area is 106 Å². The molecular weight excluding hydrogens is 242 g/mol. The van der Waals surface area contributed by atoms with Crippen LogP contribution in [0.3, 0.4) is 0 Å². The molecule has 16 heavy (non-hydrogen) atoms. The highest BCUT2D eigenvalue weighted by Crippen LogP contribution is 2.25. The largest absolute Gasteiger partial charge is 0.330 e. The number of nitrogens with zero attached hydrogens (tertiary/aromatic N) is 2. The van der Waals surface area contributed by atoms with Crippen LogP contribution in [0.1, 0.15) is 30.6 Å². The molecule has 1 aliphatic rings. The van der Waals surface area contributed by atoms with Crippen molar-refractivity contribution in [3.05, 3.63) is 15.5 Å². The Morgan fingerprint density at radius 3 is 3.12 bits per heavy atom. The van der Waals surface area contributed by atoms with E-state index in [1.165, 1.54) is 30.7 Å². The highest BCUT2D eigenvalue weighted by Gasteiger charge is 2.22. The first-order valence-electron chi connectivity index (χ1n) is 5.84. The molecule has 2 N–H and O–H groups in total. The number of aromatic nitrogens is 1. The van der Waals surface area contributed by atoms with Gasteiger partial charge in [-0.1, -0.05) is 18.0 Å². The van der Waals surface area contributed by atoms with Crippen LogP contribution in [0.15, 0.2) is 6.20 Å². The predicted molar refractivity (Wildman–Crippen MR) is 68.8 cm³/mol. The zero-order chi connectivity index (χ0) is 11.4. The van der Waals surface area contributed by atoms with Gasteiger partial charge in [-0.05, 0) is 32.4 Å². The average molecular weight is 260 g/mol. The molecule has 1 saturated heterocycles. The summed E-state index contributed by atoms with van der Waals surface area (Å²) in [5.41, 5.74) is 5.66. The van der Waals surface area contributed by atoms with Gasteiger partial charge in [0.05, 0.1) is 0 Å². The van der Waals surface area contributed by atoms with Gasteiger partial charge in [0.15, 0.2) is 4.47 Å². The number of rotatable bonds is 4. The summed E-state index contributed by atoms with van der Waals surface area (Å²) in [7, 11) is 0. The minimum atomic E-state index is 0.641. The van der Waals surface area contributed by atoms with E-state index in [2.05, 4.69) is 9.88 Å². The first-order valence-corrected chi connectivity index (χ1v) is 7.03. The first-order chi connectivity index (χ1) is 7.79. The van der Waals surface area contributed by atoms with Gasteiger partial charge in [0.2, 0.25) is 0 Å². The monoisotopic (exact) mass is 259 g/mol. The van der Waals surface area contributed by atoms with E-state index < -0.39 is 0 Å². The molecule has 90 valence electrons. The summed E-state index contributed by atoms with van der Waals surface area (Å²) in [6.07, 6.45) is 6.91. The molecule has 1 atom stereocenters. The molecule has 0 spiro atoms. The van der Waals surface area contributed by atoms with E-state index in [1.807, 2.05) is 6.20 Å². The third-order valence-electron chi connectivity index (χ3n) is 3.13. The Morgan fingerprint density at radius 2 is 2.44 bits per heavy atom. The normalized spacial score (nSPS) is 22.5. The maximum absolute atomic E-state index is 5.84. The van der Waals surface area contributed by atoms with Crippen LogP contribution in [0.2, 0.25) is 4.47 Å². The van der Waals surface area contributed by atoms with Gasteiger partial charge in [-0.15, -0.1) is 11.3 Å². The molecule has 5 heteroatoms. The third kappa shape index (κ3) is 3.17. The molecule has 1 aliphatic heterocycles. The second kappa shape index (κ2) is 5.96. The minimum Gasteiger partial charge on any atom is -0.330 e. The summed E-state index contributed by atoms with van der Waals surface area (Å²) in [5.74, 6) is 0. The van der Waals surface area contributed by atoms with Crippen molar-refractivity contribution in [1.82, 2.24) is 9.88 Å². The molecule has 1 fully saturated rings. The highest BCUT2D eigenvalue weighted by atomic mass is 35.5. The summed E-state index contributed by atoms with van der Waals surface area (Å²) in [6.45, 7) is 2.94. The van der Waals surface area contributed by atoms with Gasteiger partial charge < -0.3 is 5.73 Å². The number of piperidine rings is 1. The SMILES string of the molecule is NCCC1CCCCN1Cc1cnc(Cl)s1. The molecule has 1 aromatic heterocycles. The van der Waals surface area contributed by atoms with Crippen molar-refractivity contribution >= 4 is 22.9 Å². The maximum atomic E-state index is 5.84. The summed E-state index contributed by atoms with van der Waals surface area (Å²) >= 11 is 7.43. The lowest BCUT2D eigenvalue weighted by Crippen LogP contribution is -2.39. The van der Waals surface area contributed by atoms with Gasteiger partial charge in [0.25, 0.3) is 0 Å². The molecule has 1 unspecified atom stereocenters. The zero-order valence-corrected chi connectivity index (χ0v) is 10.9. The van der Waals surface area contributed by atoms with E-state index in [-0.39, 0.29) is 0 Å². The molecule has 0 aliphatic carbocycles. The molecule has 1 aromatic rings. The lowest BCUT2D eigenvalue weighted by molar-refractivity contribution is 0.135. The summed E-state index contributed by atoms with van der Waals surface area (Å²) in [4.78, 5) is 7.87. The van der Waals surface area contributed by atoms with Crippen LogP contribution in [-0.2, 0) is 6.54 Å². The standard InChI is InChI=1S/C11H18ClN3S/c12-11-14-7-10(16-11)8-15-6-2-1-3-9(15)4-5-13/h7,9H,1-6,8,13H2. The fourth-order valence-corrected chi connectivity index (χ4v) is 3.35. The molecule has 0 radical (unpaired) electrons. The number of hydrogen-bond acceptors (Lipinski definition) is 4. The molecular formula is C11H18ClN3S. The Kier molecular flexibility index (Phi) is 4.58. The molecule has 0 saturated carbocycles. The Balaban J connectivity index is 1.95. The van der Waals surface area contributed by atoms with Crippen molar-refractivity contribution in [3.63, 3.8) is 0 Å². The van der Waals surface area contributed by atoms with Gasteiger partial charge in [-0.2, -0.15) is 0 Å². The van der Waals surface area contributed by atoms with Crippen LogP contribution in [0, 0.1) is 0 Å². The van der Waals surface area contributed by atoms with E-state index in [4.69, 9.17) is 17.3 Å². The number of halogens is 1. The number of nitrogens with two attached hydrogens (primary N) is 1. The minimum absolute atomic E-state index is 0.641. The Bertz CT molecular complexity index is 327. The lowest BCUT2D eigenvalue weighted by atomic mass is 9.99. The molecule has 0 bridgehead atoms. The van der Waals surface area contributed by atoms with Crippen LogP contribution in [-0.4, -0.2) is 29.0 Å². The number of thiazole rings is 1. The summed E-state index contributed by atoms with van der Waals surface area (Å²) in [6, 6.07) is 0.652. The number of likely N-dealkylation sites (tertiary alicyclic amines) is 1. The second-order valence-electron chi connectivity index (χ2n) is 4.28. The van der Waals surface area contributed by atoms with Gasteiger partial charge in [0, 0.05) is 23.7 Å². The summed E-state index contributed by atoms with van der Waals surface area (Å²) < 4.78 is 0.641. The molecule has 2 rings (SSSR count). The van der Waals surface area contributed by atoms with Gasteiger partial charge in [0.1, 0.15) is 0 Å². The van der Waals surface area contributed by atoms with Crippen LogP contribution in [0.25, 0.3) is 0 Å². The van der Waals surface area contributed by atoms with Crippen molar-refractivity contribution in [2.45, 2.75) is 38.3 Å². The fourth-order valence-electron chi connectivity index (χ4n) is 2.34. The van der Waals surface area contributed by atoms with Crippen molar-refractivity contribution < 1.29 is 0 Å². The van der Waals surface area contributed by atoms with Crippen molar-refractivity contribution in [3.8, 4) is 0 Å². The smallest absolute Gasteiger partial charge is 0.183 e. The molecule has 3 nitrogen and oxygen atoms in total. The van der Waals surface area contributed by atoms with Crippen LogP contribution in [0.4, 0.5) is 0 Å². The molecule has 0 aromatic carbocycles. The second-order valence-corrected chi connectivity index (χ2v) is 5.97. The first kappa shape index (κ1) is 12.3. The molecule has 0 amide bonds. The quantitative estimate of drug-likeness (QED) is 0.904. The van der Waals surface area contributed by atoms with E-state index in [1.54, 1.807) is 11.3 Å². The van der Waals surface area contributed by atoms with E-state index in [9.17, 15) is 0 Å². The Morgan fingerprint density at radius 1 is 1.56 bits per heavy atom. The molecule has 2 heterocycles. The average Bonchev–Trinajstić information content (AvgIpc) is 2.67. The van der Waals surface area contributed by atoms with Gasteiger partial charge in [-0.3, -0.25) is 4.90 Å². The lowest BCUT2D eigenvalue weighted by Gasteiger charge is -2.35. The van der Waals surface area contributed by atoms with E-state index >= 15 is 0 Å². The topological polar surface area (TPSA) is 42.1 Å². The predicted octanol–water partition coefficient (Wildman–Crippen LogP) is 2.50. The van der Waals surface area contributed by atoms with Gasteiger partial charge in [-0.25, -0.2) is 4.98 Å². The fraction of sp³-hybridized carbons (Fsp3) is 0.727. The highest BCUT2D eigenvalue weighted by molar-refractivity contribution is 7.15. The van der Waals surface area contributed by atoms with Gasteiger partial charge >= 0.3 is 0 Å². The zero-order valence-electron chi connectivity index (χ0n) is 9.36. The summed E-state index contributed by atoms with van der Waals surface area (Å²) in [5, 5.41) is 0. The van der Waals surface area contributed by atoms with Crippen LogP contribution >= 0.6 is 22.9 Å². The maximum Gasteiger partial charge on any atom is 0.183 e. The third-order valence-corrected chi connectivity index (χ3v) is 4.23. The van der Waals surface area contributed by atoms with Crippen LogP contribution < -0.4 is 5.73 Å². The van der Waals surface area contributed by atoms with Crippen LogP contribution in [0.5, 0.6) is 0 Å². The van der Waals surface area contributed by atoms with Crippen molar-refractivity contribution in [1.29, 1.82) is 0 Å². The number of hydrogen-bond donors (Lipinski definition) is 1. The van der Waals surface area contributed by atoms with Crippen molar-refractivity contribution in [2.24, 2.45) is 5.73 Å². The van der Waals surface area contributed by atoms with E-state index in [0.717, 1.165) is 19.5 Å².